The quantitative estimate of drug-likeness (QED) is 0.149. The zero-order valence-corrected chi connectivity index (χ0v) is 33.1. The lowest BCUT2D eigenvalue weighted by atomic mass is 9.68. The third-order valence-electron chi connectivity index (χ3n) is 12.4. The van der Waals surface area contributed by atoms with Crippen molar-refractivity contribution in [3.63, 3.8) is 0 Å². The second-order valence-corrected chi connectivity index (χ2v) is 15.6. The topological polar surface area (TPSA) is 3.24 Å². The summed E-state index contributed by atoms with van der Waals surface area (Å²) in [7, 11) is 0. The molecule has 0 heterocycles. The highest BCUT2D eigenvalue weighted by atomic mass is 15.1. The maximum Gasteiger partial charge on any atom is 0.0714 e. The minimum Gasteiger partial charge on any atom is -0.309 e. The molecule has 0 atom stereocenters. The maximum atomic E-state index is 2.49. The fraction of sp³-hybridized carbons (Fsp3) is 0.0169. The van der Waals surface area contributed by atoms with E-state index in [0.29, 0.717) is 0 Å². The molecule has 0 saturated carbocycles. The molecule has 0 aliphatic heterocycles. The van der Waals surface area contributed by atoms with E-state index in [-0.39, 0.29) is 0 Å². The lowest BCUT2D eigenvalue weighted by Crippen LogP contribution is -2.28. The molecule has 0 bridgehead atoms. The molecule has 1 aliphatic carbocycles. The van der Waals surface area contributed by atoms with Crippen molar-refractivity contribution >= 4 is 27.8 Å². The van der Waals surface area contributed by atoms with E-state index < -0.39 is 5.41 Å². The van der Waals surface area contributed by atoms with E-state index in [0.717, 1.165) is 28.2 Å². The summed E-state index contributed by atoms with van der Waals surface area (Å²) >= 11 is 0. The fourth-order valence-electron chi connectivity index (χ4n) is 9.72. The van der Waals surface area contributed by atoms with Crippen LogP contribution in [0.5, 0.6) is 0 Å². The third-order valence-corrected chi connectivity index (χ3v) is 12.4. The van der Waals surface area contributed by atoms with Gasteiger partial charge in [0.2, 0.25) is 0 Å². The number of para-hydroxylation sites is 1. The van der Waals surface area contributed by atoms with E-state index in [9.17, 15) is 0 Å². The van der Waals surface area contributed by atoms with Gasteiger partial charge in [-0.2, -0.15) is 0 Å². The molecule has 11 rings (SSSR count). The van der Waals surface area contributed by atoms with Gasteiger partial charge in [-0.3, -0.25) is 0 Å². The summed E-state index contributed by atoms with van der Waals surface area (Å²) < 4.78 is 0. The third kappa shape index (κ3) is 5.78. The monoisotopic (exact) mass is 763 g/mol. The largest absolute Gasteiger partial charge is 0.309 e. The number of anilines is 3. The van der Waals surface area contributed by atoms with Crippen LogP contribution < -0.4 is 4.90 Å². The van der Waals surface area contributed by atoms with Crippen molar-refractivity contribution in [1.29, 1.82) is 0 Å². The van der Waals surface area contributed by atoms with E-state index >= 15 is 0 Å². The number of benzene rings is 10. The first kappa shape index (κ1) is 35.4. The summed E-state index contributed by atoms with van der Waals surface area (Å²) in [6, 6.07) is 91.0. The zero-order chi connectivity index (χ0) is 39.9. The molecule has 0 amide bonds. The molecular formula is C59H41N. The second kappa shape index (κ2) is 14.9. The number of hydrogen-bond donors (Lipinski definition) is 0. The van der Waals surface area contributed by atoms with Crippen molar-refractivity contribution in [2.24, 2.45) is 0 Å². The van der Waals surface area contributed by atoms with Crippen LogP contribution in [0.3, 0.4) is 0 Å². The first-order valence-corrected chi connectivity index (χ1v) is 20.8. The van der Waals surface area contributed by atoms with Crippen LogP contribution in [-0.2, 0) is 5.41 Å². The molecule has 10 aromatic carbocycles. The van der Waals surface area contributed by atoms with E-state index in [1.165, 1.54) is 66.4 Å². The predicted octanol–water partition coefficient (Wildman–Crippen LogP) is 15.7. The molecule has 60 heavy (non-hydrogen) atoms. The summed E-state index contributed by atoms with van der Waals surface area (Å²) in [4.78, 5) is 2.49. The van der Waals surface area contributed by atoms with Gasteiger partial charge < -0.3 is 4.90 Å². The molecule has 1 nitrogen and oxygen atoms in total. The van der Waals surface area contributed by atoms with Gasteiger partial charge in [0, 0.05) is 16.8 Å². The van der Waals surface area contributed by atoms with Crippen molar-refractivity contribution in [1.82, 2.24) is 0 Å². The molecule has 1 aliphatic rings. The molecule has 0 spiro atoms. The van der Waals surface area contributed by atoms with Crippen LogP contribution in [0.4, 0.5) is 17.1 Å². The van der Waals surface area contributed by atoms with E-state index in [4.69, 9.17) is 0 Å². The van der Waals surface area contributed by atoms with Gasteiger partial charge in [-0.15, -0.1) is 0 Å². The van der Waals surface area contributed by atoms with Gasteiger partial charge in [-0.1, -0.05) is 224 Å². The number of hydrogen-bond acceptors (Lipinski definition) is 1. The van der Waals surface area contributed by atoms with Gasteiger partial charge in [0.1, 0.15) is 0 Å². The minimum absolute atomic E-state index is 0.510. The normalized spacial score (nSPS) is 12.5. The number of rotatable bonds is 8. The average molecular weight is 764 g/mol. The Morgan fingerprint density at radius 2 is 0.750 bits per heavy atom. The van der Waals surface area contributed by atoms with E-state index in [1.807, 2.05) is 0 Å². The molecule has 0 unspecified atom stereocenters. The summed E-state index contributed by atoms with van der Waals surface area (Å²) in [6.45, 7) is 0. The molecule has 1 heteroatoms. The SMILES string of the molecule is c1ccc(-c2ccc(N(c3ccccc3-c3ccc(-c4cccc5ccccc45)cc3)c3cccc4c3-c3ccccc3C4(c3ccccc3)c3ccccc3)cc2)cc1. The van der Waals surface area contributed by atoms with Crippen molar-refractivity contribution in [2.45, 2.75) is 5.41 Å². The molecule has 0 aromatic heterocycles. The lowest BCUT2D eigenvalue weighted by molar-refractivity contribution is 0.768. The highest BCUT2D eigenvalue weighted by Crippen LogP contribution is 2.59. The Labute approximate surface area is 352 Å². The highest BCUT2D eigenvalue weighted by Gasteiger charge is 2.47. The number of nitrogens with zero attached hydrogens (tertiary/aromatic N) is 1. The minimum atomic E-state index is -0.510. The highest BCUT2D eigenvalue weighted by molar-refractivity contribution is 6.00. The Kier molecular flexibility index (Phi) is 8.79. The van der Waals surface area contributed by atoms with E-state index in [1.54, 1.807) is 0 Å². The Morgan fingerprint density at radius 3 is 1.47 bits per heavy atom. The summed E-state index contributed by atoms with van der Waals surface area (Å²) in [5, 5.41) is 2.51. The molecule has 0 fully saturated rings. The molecular weight excluding hydrogens is 723 g/mol. The van der Waals surface area contributed by atoms with Gasteiger partial charge in [0.15, 0.2) is 0 Å². The van der Waals surface area contributed by atoms with Gasteiger partial charge in [-0.25, -0.2) is 0 Å². The zero-order valence-electron chi connectivity index (χ0n) is 33.1. The molecule has 0 N–H and O–H groups in total. The van der Waals surface area contributed by atoms with Crippen molar-refractivity contribution in [3.05, 3.63) is 271 Å². The predicted molar refractivity (Wildman–Crippen MR) is 252 cm³/mol. The van der Waals surface area contributed by atoms with Crippen LogP contribution in [0, 0.1) is 0 Å². The Morgan fingerprint density at radius 1 is 0.283 bits per heavy atom. The number of fused-ring (bicyclic) bond motifs is 4. The van der Waals surface area contributed by atoms with Gasteiger partial charge in [0.05, 0.1) is 16.8 Å². The molecule has 10 aromatic rings. The van der Waals surface area contributed by atoms with Crippen LogP contribution >= 0.6 is 0 Å². The van der Waals surface area contributed by atoms with Crippen LogP contribution in [-0.4, -0.2) is 0 Å². The summed E-state index contributed by atoms with van der Waals surface area (Å²) in [6.07, 6.45) is 0. The smallest absolute Gasteiger partial charge is 0.0714 e. The Bertz CT molecular complexity index is 3070. The Hall–Kier alpha value is -7.74. The second-order valence-electron chi connectivity index (χ2n) is 15.6. The van der Waals surface area contributed by atoms with Gasteiger partial charge in [-0.05, 0) is 90.7 Å². The van der Waals surface area contributed by atoms with Gasteiger partial charge in [0.25, 0.3) is 0 Å². The lowest BCUT2D eigenvalue weighted by Gasteiger charge is -2.34. The summed E-state index contributed by atoms with van der Waals surface area (Å²) in [5.74, 6) is 0. The first-order chi connectivity index (χ1) is 29.8. The fourth-order valence-corrected chi connectivity index (χ4v) is 9.72. The average Bonchev–Trinajstić information content (AvgIpc) is 3.64. The van der Waals surface area contributed by atoms with Crippen molar-refractivity contribution < 1.29 is 0 Å². The molecule has 282 valence electrons. The molecule has 0 radical (unpaired) electrons. The maximum absolute atomic E-state index is 2.49. The van der Waals surface area contributed by atoms with Crippen LogP contribution in [0.1, 0.15) is 22.3 Å². The van der Waals surface area contributed by atoms with Crippen LogP contribution in [0.15, 0.2) is 249 Å². The van der Waals surface area contributed by atoms with Crippen molar-refractivity contribution in [2.75, 3.05) is 4.90 Å². The van der Waals surface area contributed by atoms with E-state index in [2.05, 4.69) is 254 Å². The molecule has 0 saturated heterocycles. The first-order valence-electron chi connectivity index (χ1n) is 20.8. The standard InChI is InChI=1S/C59H41N/c1-4-18-42(19-5-1)43-38-40-49(41-39-43)60(56-32-15-13-27-52(56)46-36-34-45(35-37-46)51-29-16-21-44-20-10-11-26-50(44)51)57-33-17-31-55-58(57)53-28-12-14-30-54(53)59(55,47-22-6-2-7-23-47)48-24-8-3-9-25-48/h1-41H. The summed E-state index contributed by atoms with van der Waals surface area (Å²) in [5.41, 5.74) is 17.6. The van der Waals surface area contributed by atoms with Crippen LogP contribution in [0.25, 0.3) is 55.3 Å². The van der Waals surface area contributed by atoms with Crippen LogP contribution in [0.2, 0.25) is 0 Å². The van der Waals surface area contributed by atoms with Crippen molar-refractivity contribution in [3.8, 4) is 44.5 Å². The van der Waals surface area contributed by atoms with Gasteiger partial charge >= 0.3 is 0 Å². The Balaban J connectivity index is 1.14.